The van der Waals surface area contributed by atoms with E-state index in [2.05, 4.69) is 20.6 Å². The summed E-state index contributed by atoms with van der Waals surface area (Å²) < 4.78 is 6.09. The Morgan fingerprint density at radius 3 is 2.95 bits per heavy atom. The average Bonchev–Trinajstić information content (AvgIpc) is 2.97. The van der Waals surface area contributed by atoms with Crippen molar-refractivity contribution in [1.29, 1.82) is 0 Å². The Morgan fingerprint density at radius 1 is 1.60 bits per heavy atom. The van der Waals surface area contributed by atoms with Gasteiger partial charge >= 0.3 is 17.5 Å². The number of carbonyl (C=O) groups is 1. The normalized spacial score (nSPS) is 10.8. The van der Waals surface area contributed by atoms with Crippen LogP contribution in [0, 0.1) is 10.1 Å². The molecule has 1 N–H and O–H groups in total. The van der Waals surface area contributed by atoms with Crippen LogP contribution in [0.15, 0.2) is 16.9 Å². The van der Waals surface area contributed by atoms with Crippen molar-refractivity contribution in [1.82, 2.24) is 25.2 Å². The predicted octanol–water partition coefficient (Wildman–Crippen LogP) is 0.361. The van der Waals surface area contributed by atoms with Crippen LogP contribution in [0.4, 0.5) is 5.69 Å². The van der Waals surface area contributed by atoms with Gasteiger partial charge in [-0.05, 0) is 13.8 Å². The van der Waals surface area contributed by atoms with Crippen molar-refractivity contribution in [2.45, 2.75) is 26.4 Å². The molecule has 10 nitrogen and oxygen atoms in total. The molecule has 0 aromatic carbocycles. The van der Waals surface area contributed by atoms with Gasteiger partial charge in [0.2, 0.25) is 0 Å². The molecular weight excluding hydrogens is 268 g/mol. The second kappa shape index (κ2) is 5.47. The van der Waals surface area contributed by atoms with Crippen molar-refractivity contribution in [3.63, 3.8) is 0 Å². The van der Waals surface area contributed by atoms with E-state index < -0.39 is 10.8 Å². The Hall–Kier alpha value is -2.78. The van der Waals surface area contributed by atoms with Crippen LogP contribution in [0.3, 0.4) is 0 Å². The Labute approximate surface area is 112 Å². The van der Waals surface area contributed by atoms with E-state index in [-0.39, 0.29) is 30.0 Å². The molecule has 0 spiro atoms. The van der Waals surface area contributed by atoms with E-state index in [9.17, 15) is 14.9 Å². The van der Waals surface area contributed by atoms with Crippen LogP contribution in [0.2, 0.25) is 0 Å². The first-order valence-corrected chi connectivity index (χ1v) is 5.76. The van der Waals surface area contributed by atoms with Crippen LogP contribution in [0.5, 0.6) is 0 Å². The van der Waals surface area contributed by atoms with Crippen LogP contribution in [-0.2, 0) is 6.54 Å². The zero-order valence-electron chi connectivity index (χ0n) is 10.8. The molecule has 0 aliphatic heterocycles. The van der Waals surface area contributed by atoms with Crippen LogP contribution in [-0.4, -0.2) is 36.8 Å². The lowest BCUT2D eigenvalue weighted by atomic mass is 10.4. The molecule has 0 aliphatic carbocycles. The Kier molecular flexibility index (Phi) is 3.73. The van der Waals surface area contributed by atoms with Crippen molar-refractivity contribution in [2.24, 2.45) is 0 Å². The first-order chi connectivity index (χ1) is 9.45. The smallest absolute Gasteiger partial charge is 0.316 e. The second-order valence-electron chi connectivity index (χ2n) is 4.30. The third-order valence-corrected chi connectivity index (χ3v) is 2.22. The average molecular weight is 280 g/mol. The third-order valence-electron chi connectivity index (χ3n) is 2.22. The van der Waals surface area contributed by atoms with Crippen molar-refractivity contribution < 1.29 is 14.2 Å². The van der Waals surface area contributed by atoms with Gasteiger partial charge in [-0.2, -0.15) is 10.1 Å². The molecule has 0 aliphatic rings. The number of carbonyl (C=O) groups excluding carboxylic acids is 1. The van der Waals surface area contributed by atoms with Crippen molar-refractivity contribution in [3.05, 3.63) is 34.2 Å². The first-order valence-electron chi connectivity index (χ1n) is 5.76. The molecule has 0 atom stereocenters. The number of hydrogen-bond acceptors (Lipinski definition) is 7. The maximum Gasteiger partial charge on any atom is 0.316 e. The summed E-state index contributed by atoms with van der Waals surface area (Å²) in [5.41, 5.74) is -0.133. The lowest BCUT2D eigenvalue weighted by molar-refractivity contribution is -0.385. The molecule has 20 heavy (non-hydrogen) atoms. The minimum atomic E-state index is -0.554. The monoisotopic (exact) mass is 280 g/mol. The number of amides is 1. The third kappa shape index (κ3) is 3.16. The molecule has 1 amide bonds. The van der Waals surface area contributed by atoms with Crippen molar-refractivity contribution in [2.75, 3.05) is 0 Å². The summed E-state index contributed by atoms with van der Waals surface area (Å²) in [5, 5.41) is 20.5. The molecule has 0 saturated carbocycles. The summed E-state index contributed by atoms with van der Waals surface area (Å²) in [6.45, 7) is 3.68. The van der Waals surface area contributed by atoms with Gasteiger partial charge in [-0.15, -0.1) is 0 Å². The molecule has 106 valence electrons. The quantitative estimate of drug-likeness (QED) is 0.618. The van der Waals surface area contributed by atoms with E-state index in [1.165, 1.54) is 10.9 Å². The van der Waals surface area contributed by atoms with E-state index in [1.54, 1.807) is 13.8 Å². The van der Waals surface area contributed by atoms with E-state index in [0.717, 1.165) is 6.20 Å². The van der Waals surface area contributed by atoms with Gasteiger partial charge in [-0.3, -0.25) is 19.6 Å². The van der Waals surface area contributed by atoms with Gasteiger partial charge in [0, 0.05) is 6.04 Å². The molecular formula is C10H12N6O4. The number of rotatable bonds is 5. The second-order valence-corrected chi connectivity index (χ2v) is 4.30. The first kappa shape index (κ1) is 13.6. The largest absolute Gasteiger partial charge is 0.346 e. The van der Waals surface area contributed by atoms with Gasteiger partial charge in [-0.25, -0.2) is 0 Å². The molecule has 2 aromatic heterocycles. The molecule has 2 heterocycles. The number of nitrogens with one attached hydrogen (secondary N) is 1. The zero-order chi connectivity index (χ0) is 14.7. The van der Waals surface area contributed by atoms with Crippen molar-refractivity contribution in [3.8, 4) is 0 Å². The maximum absolute atomic E-state index is 11.6. The fraction of sp³-hybridized carbons (Fsp3) is 0.400. The highest BCUT2D eigenvalue weighted by Gasteiger charge is 2.17. The van der Waals surface area contributed by atoms with E-state index in [0.29, 0.717) is 0 Å². The molecule has 0 radical (unpaired) electrons. The minimum absolute atomic E-state index is 0.0494. The highest BCUT2D eigenvalue weighted by molar-refractivity contribution is 5.89. The van der Waals surface area contributed by atoms with Crippen LogP contribution in [0.1, 0.15) is 30.4 Å². The predicted molar refractivity (Wildman–Crippen MR) is 64.9 cm³/mol. The molecule has 0 saturated heterocycles. The lowest BCUT2D eigenvalue weighted by Crippen LogP contribution is -2.30. The van der Waals surface area contributed by atoms with Gasteiger partial charge in [0.05, 0.1) is 4.92 Å². The number of aromatic nitrogens is 4. The number of nitro groups is 1. The summed E-state index contributed by atoms with van der Waals surface area (Å²) in [4.78, 5) is 25.4. The molecule has 10 heteroatoms. The molecule has 2 aromatic rings. The lowest BCUT2D eigenvalue weighted by Gasteiger charge is -2.03. The topological polar surface area (TPSA) is 129 Å². The summed E-state index contributed by atoms with van der Waals surface area (Å²) in [5.74, 6) is -0.419. The van der Waals surface area contributed by atoms with Gasteiger partial charge in [0.25, 0.3) is 0 Å². The van der Waals surface area contributed by atoms with Gasteiger partial charge in [0.15, 0.2) is 5.82 Å². The van der Waals surface area contributed by atoms with Crippen LogP contribution < -0.4 is 5.32 Å². The highest BCUT2D eigenvalue weighted by Crippen LogP contribution is 2.09. The molecule has 2 rings (SSSR count). The zero-order valence-corrected chi connectivity index (χ0v) is 10.8. The summed E-state index contributed by atoms with van der Waals surface area (Å²) >= 11 is 0. The van der Waals surface area contributed by atoms with Gasteiger partial charge in [-0.1, -0.05) is 5.16 Å². The Morgan fingerprint density at radius 2 is 2.35 bits per heavy atom. The maximum atomic E-state index is 11.6. The van der Waals surface area contributed by atoms with E-state index in [4.69, 9.17) is 4.52 Å². The Bertz CT molecular complexity index is 631. The SMILES string of the molecule is CC(C)NC(=O)c1nc(Cn2cc([N+](=O)[O-])cn2)no1. The van der Waals surface area contributed by atoms with E-state index >= 15 is 0 Å². The minimum Gasteiger partial charge on any atom is -0.346 e. The number of hydrogen-bond donors (Lipinski definition) is 1. The summed E-state index contributed by atoms with van der Waals surface area (Å²) in [6.07, 6.45) is 2.36. The fourth-order valence-electron chi connectivity index (χ4n) is 1.41. The molecule has 0 bridgehead atoms. The van der Waals surface area contributed by atoms with E-state index in [1.807, 2.05) is 0 Å². The standard InChI is InChI=1S/C10H12N6O4/c1-6(2)12-9(17)10-13-8(14-20-10)5-15-4-7(3-11-15)16(18)19/h3-4,6H,5H2,1-2H3,(H,12,17). The van der Waals surface area contributed by atoms with Gasteiger partial charge in [0.1, 0.15) is 18.9 Å². The van der Waals surface area contributed by atoms with Crippen LogP contribution >= 0.6 is 0 Å². The summed E-state index contributed by atoms with van der Waals surface area (Å²) in [7, 11) is 0. The molecule has 0 fully saturated rings. The van der Waals surface area contributed by atoms with Gasteiger partial charge < -0.3 is 9.84 Å². The highest BCUT2D eigenvalue weighted by atomic mass is 16.6. The number of nitrogens with zero attached hydrogens (tertiary/aromatic N) is 5. The van der Waals surface area contributed by atoms with Crippen LogP contribution in [0.25, 0.3) is 0 Å². The Balaban J connectivity index is 2.05. The fourth-order valence-corrected chi connectivity index (χ4v) is 1.41. The molecule has 0 unspecified atom stereocenters. The van der Waals surface area contributed by atoms with Crippen molar-refractivity contribution >= 4 is 11.6 Å². The summed E-state index contributed by atoms with van der Waals surface area (Å²) in [6, 6.07) is -0.0494.